The van der Waals surface area contributed by atoms with Crippen molar-refractivity contribution in [3.05, 3.63) is 53.6 Å². The van der Waals surface area contributed by atoms with Gasteiger partial charge in [-0.3, -0.25) is 9.59 Å². The minimum atomic E-state index is -0.0898. The summed E-state index contributed by atoms with van der Waals surface area (Å²) in [5, 5.41) is 0. The van der Waals surface area contributed by atoms with Crippen LogP contribution in [0.15, 0.2) is 42.5 Å². The van der Waals surface area contributed by atoms with E-state index in [0.717, 1.165) is 11.1 Å². The lowest BCUT2D eigenvalue weighted by atomic mass is 10.1. The van der Waals surface area contributed by atoms with Gasteiger partial charge in [0.2, 0.25) is 0 Å². The van der Waals surface area contributed by atoms with Crippen LogP contribution in [-0.2, 0) is 4.79 Å². The highest BCUT2D eigenvalue weighted by atomic mass is 16.5. The number of carbonyl (C=O) groups is 2. The lowest BCUT2D eigenvalue weighted by molar-refractivity contribution is -0.120. The van der Waals surface area contributed by atoms with Crippen LogP contribution in [0.4, 0.5) is 0 Å². The predicted molar refractivity (Wildman–Crippen MR) is 62.0 cm³/mol. The fourth-order valence-corrected chi connectivity index (χ4v) is 2.19. The Bertz CT molecular complexity index is 629. The van der Waals surface area contributed by atoms with E-state index in [0.29, 0.717) is 23.3 Å². The number of benzene rings is 2. The van der Waals surface area contributed by atoms with Crippen molar-refractivity contribution in [3.63, 3.8) is 0 Å². The molecule has 1 aliphatic rings. The van der Waals surface area contributed by atoms with Gasteiger partial charge in [0, 0.05) is 5.56 Å². The molecule has 82 valence electrons. The van der Waals surface area contributed by atoms with E-state index in [9.17, 15) is 9.59 Å². The first kappa shape index (κ1) is 9.78. The molecular weight excluding hydrogens is 216 g/mol. The first-order valence-electron chi connectivity index (χ1n) is 5.20. The molecule has 3 rings (SSSR count). The van der Waals surface area contributed by atoms with E-state index in [1.54, 1.807) is 18.2 Å². The van der Waals surface area contributed by atoms with Gasteiger partial charge < -0.3 is 4.74 Å². The Morgan fingerprint density at radius 1 is 0.882 bits per heavy atom. The molecule has 0 radical (unpaired) electrons. The van der Waals surface area contributed by atoms with Crippen molar-refractivity contribution in [2.75, 3.05) is 0 Å². The van der Waals surface area contributed by atoms with Crippen LogP contribution in [0, 0.1) is 0 Å². The average Bonchev–Trinajstić information content (AvgIpc) is 2.66. The van der Waals surface area contributed by atoms with E-state index in [-0.39, 0.29) is 5.78 Å². The van der Waals surface area contributed by atoms with Crippen LogP contribution in [-0.4, -0.2) is 12.3 Å². The lowest BCUT2D eigenvalue weighted by Gasteiger charge is -2.03. The van der Waals surface area contributed by atoms with Gasteiger partial charge in [0.1, 0.15) is 5.75 Å². The molecule has 0 heterocycles. The summed E-state index contributed by atoms with van der Waals surface area (Å²) in [5.74, 6) is 0.228. The molecule has 0 aliphatic heterocycles. The Morgan fingerprint density at radius 3 is 2.35 bits per heavy atom. The highest BCUT2D eigenvalue weighted by Gasteiger charge is 2.29. The van der Waals surface area contributed by atoms with Gasteiger partial charge in [0.05, 0.1) is 5.56 Å². The van der Waals surface area contributed by atoms with Crippen LogP contribution < -0.4 is 4.74 Å². The van der Waals surface area contributed by atoms with Crippen molar-refractivity contribution in [3.8, 4) is 16.9 Å². The Hall–Kier alpha value is -2.42. The summed E-state index contributed by atoms with van der Waals surface area (Å²) in [5.41, 5.74) is 2.85. The van der Waals surface area contributed by atoms with E-state index in [2.05, 4.69) is 0 Å². The first-order valence-corrected chi connectivity index (χ1v) is 5.20. The zero-order valence-electron chi connectivity index (χ0n) is 8.84. The minimum Gasteiger partial charge on any atom is -0.428 e. The smallest absolute Gasteiger partial charge is 0.298 e. The van der Waals surface area contributed by atoms with E-state index < -0.39 is 0 Å². The monoisotopic (exact) mass is 224 g/mol. The van der Waals surface area contributed by atoms with Crippen molar-refractivity contribution >= 4 is 12.3 Å². The SMILES string of the molecule is O=COc1cccc2c1C(=O)c1ccccc1-2. The second-order valence-electron chi connectivity index (χ2n) is 3.77. The van der Waals surface area contributed by atoms with E-state index in [4.69, 9.17) is 4.74 Å². The standard InChI is InChI=1S/C14H8O3/c15-8-17-12-7-3-6-10-9-4-1-2-5-11(9)14(16)13(10)12/h1-8H. The highest BCUT2D eigenvalue weighted by Crippen LogP contribution is 2.40. The summed E-state index contributed by atoms with van der Waals surface area (Å²) in [7, 11) is 0. The molecule has 0 unspecified atom stereocenters. The molecule has 17 heavy (non-hydrogen) atoms. The number of carbonyl (C=O) groups excluding carboxylic acids is 2. The summed E-state index contributed by atoms with van der Waals surface area (Å²) in [6.07, 6.45) is 0. The summed E-state index contributed by atoms with van der Waals surface area (Å²) < 4.78 is 4.85. The van der Waals surface area contributed by atoms with Crippen LogP contribution in [0.1, 0.15) is 15.9 Å². The van der Waals surface area contributed by atoms with Crippen molar-refractivity contribution in [2.45, 2.75) is 0 Å². The summed E-state index contributed by atoms with van der Waals surface area (Å²) in [6, 6.07) is 12.6. The van der Waals surface area contributed by atoms with Gasteiger partial charge in [0.25, 0.3) is 6.47 Å². The van der Waals surface area contributed by atoms with Gasteiger partial charge in [-0.15, -0.1) is 0 Å². The number of ketones is 1. The first-order chi connectivity index (χ1) is 8.33. The van der Waals surface area contributed by atoms with Crippen molar-refractivity contribution in [2.24, 2.45) is 0 Å². The third kappa shape index (κ3) is 1.29. The molecule has 0 atom stereocenters. The Morgan fingerprint density at radius 2 is 1.59 bits per heavy atom. The molecule has 2 aromatic rings. The van der Waals surface area contributed by atoms with E-state index in [1.807, 2.05) is 24.3 Å². The minimum absolute atomic E-state index is 0.0898. The molecule has 0 aromatic heterocycles. The maximum Gasteiger partial charge on any atom is 0.298 e. The molecule has 2 aromatic carbocycles. The molecule has 0 N–H and O–H groups in total. The number of hydrogen-bond acceptors (Lipinski definition) is 3. The number of rotatable bonds is 2. The van der Waals surface area contributed by atoms with Crippen molar-refractivity contribution < 1.29 is 14.3 Å². The number of ether oxygens (including phenoxy) is 1. The Kier molecular flexibility index (Phi) is 2.05. The van der Waals surface area contributed by atoms with Gasteiger partial charge in [-0.1, -0.05) is 36.4 Å². The zero-order valence-corrected chi connectivity index (χ0v) is 8.84. The summed E-state index contributed by atoms with van der Waals surface area (Å²) in [4.78, 5) is 22.6. The number of fused-ring (bicyclic) bond motifs is 3. The van der Waals surface area contributed by atoms with E-state index in [1.165, 1.54) is 0 Å². The average molecular weight is 224 g/mol. The topological polar surface area (TPSA) is 43.4 Å². The quantitative estimate of drug-likeness (QED) is 0.628. The maximum atomic E-state index is 12.2. The van der Waals surface area contributed by atoms with Gasteiger partial charge in [-0.25, -0.2) is 0 Å². The highest BCUT2D eigenvalue weighted by molar-refractivity contribution is 6.23. The predicted octanol–water partition coefficient (Wildman–Crippen LogP) is 2.43. The van der Waals surface area contributed by atoms with Crippen LogP contribution >= 0.6 is 0 Å². The second kappa shape index (κ2) is 3.56. The molecule has 3 nitrogen and oxygen atoms in total. The fraction of sp³-hybridized carbons (Fsp3) is 0. The zero-order chi connectivity index (χ0) is 11.8. The molecule has 0 bridgehead atoms. The summed E-state index contributed by atoms with van der Waals surface area (Å²) in [6.45, 7) is 0.339. The normalized spacial score (nSPS) is 11.9. The molecule has 0 spiro atoms. The summed E-state index contributed by atoms with van der Waals surface area (Å²) >= 11 is 0. The third-order valence-corrected chi connectivity index (χ3v) is 2.89. The van der Waals surface area contributed by atoms with Gasteiger partial charge >= 0.3 is 0 Å². The second-order valence-corrected chi connectivity index (χ2v) is 3.77. The molecule has 0 fully saturated rings. The molecule has 0 saturated carbocycles. The van der Waals surface area contributed by atoms with Crippen LogP contribution in [0.2, 0.25) is 0 Å². The Balaban J connectivity index is 2.30. The molecule has 0 amide bonds. The van der Waals surface area contributed by atoms with Gasteiger partial charge in [-0.2, -0.15) is 0 Å². The molecule has 3 heteroatoms. The molecular formula is C14H8O3. The third-order valence-electron chi connectivity index (χ3n) is 2.89. The Labute approximate surface area is 97.6 Å². The van der Waals surface area contributed by atoms with Gasteiger partial charge in [-0.05, 0) is 17.2 Å². The largest absolute Gasteiger partial charge is 0.428 e. The van der Waals surface area contributed by atoms with E-state index >= 15 is 0 Å². The number of hydrogen-bond donors (Lipinski definition) is 0. The lowest BCUT2D eigenvalue weighted by Crippen LogP contribution is -2.00. The molecule has 0 saturated heterocycles. The fourth-order valence-electron chi connectivity index (χ4n) is 2.19. The van der Waals surface area contributed by atoms with Crippen LogP contribution in [0.3, 0.4) is 0 Å². The van der Waals surface area contributed by atoms with Crippen LogP contribution in [0.5, 0.6) is 5.75 Å². The maximum absolute atomic E-state index is 12.2. The van der Waals surface area contributed by atoms with Crippen molar-refractivity contribution in [1.29, 1.82) is 0 Å². The van der Waals surface area contributed by atoms with Gasteiger partial charge in [0.15, 0.2) is 5.78 Å². The van der Waals surface area contributed by atoms with Crippen LogP contribution in [0.25, 0.3) is 11.1 Å². The van der Waals surface area contributed by atoms with Crippen molar-refractivity contribution in [1.82, 2.24) is 0 Å². The molecule has 1 aliphatic carbocycles.